The number of hydrogen-bond donors (Lipinski definition) is 1. The van der Waals surface area contributed by atoms with E-state index in [4.69, 9.17) is 18.0 Å². The molecule has 1 aromatic rings. The van der Waals surface area contributed by atoms with Crippen LogP contribution in [0, 0.1) is 6.92 Å². The van der Waals surface area contributed by atoms with Gasteiger partial charge in [0.05, 0.1) is 4.99 Å². The van der Waals surface area contributed by atoms with Gasteiger partial charge in [-0.2, -0.15) is 0 Å². The van der Waals surface area contributed by atoms with Crippen LogP contribution in [0.4, 0.5) is 0 Å². The van der Waals surface area contributed by atoms with Gasteiger partial charge in [0.1, 0.15) is 0 Å². The van der Waals surface area contributed by atoms with E-state index in [9.17, 15) is 4.79 Å². The average molecular weight is 216 g/mol. The Bertz CT molecular complexity index is 353. The first kappa shape index (κ1) is 10.4. The lowest BCUT2D eigenvalue weighted by atomic mass is 10.3. The molecule has 5 heteroatoms. The zero-order valence-electron chi connectivity index (χ0n) is 7.45. The van der Waals surface area contributed by atoms with E-state index in [-0.39, 0.29) is 4.87 Å². The highest BCUT2D eigenvalue weighted by atomic mass is 32.1. The van der Waals surface area contributed by atoms with Gasteiger partial charge in [0.15, 0.2) is 0 Å². The fraction of sp³-hybridized carbons (Fsp3) is 0.500. The van der Waals surface area contributed by atoms with Crippen LogP contribution in [-0.4, -0.2) is 9.56 Å². The van der Waals surface area contributed by atoms with Gasteiger partial charge in [-0.25, -0.2) is 0 Å². The molecule has 0 spiro atoms. The van der Waals surface area contributed by atoms with E-state index in [1.165, 1.54) is 11.3 Å². The van der Waals surface area contributed by atoms with Crippen LogP contribution in [0.5, 0.6) is 0 Å². The summed E-state index contributed by atoms with van der Waals surface area (Å²) >= 11 is 5.98. The summed E-state index contributed by atoms with van der Waals surface area (Å²) < 4.78 is 1.75. The van der Waals surface area contributed by atoms with Crippen LogP contribution in [0.3, 0.4) is 0 Å². The largest absolute Gasteiger partial charge is 0.393 e. The van der Waals surface area contributed by atoms with E-state index in [1.54, 1.807) is 4.57 Å². The second-order valence-electron chi connectivity index (χ2n) is 2.86. The second-order valence-corrected chi connectivity index (χ2v) is 4.21. The van der Waals surface area contributed by atoms with Crippen LogP contribution in [-0.2, 0) is 6.54 Å². The zero-order valence-corrected chi connectivity index (χ0v) is 9.08. The van der Waals surface area contributed by atoms with E-state index in [2.05, 4.69) is 0 Å². The summed E-state index contributed by atoms with van der Waals surface area (Å²) in [6.45, 7) is 2.64. The topological polar surface area (TPSA) is 48.0 Å². The predicted octanol–water partition coefficient (Wildman–Crippen LogP) is 1.28. The summed E-state index contributed by atoms with van der Waals surface area (Å²) in [6.07, 6.45) is 1.55. The first-order valence-electron chi connectivity index (χ1n) is 4.04. The molecule has 0 aromatic carbocycles. The van der Waals surface area contributed by atoms with Gasteiger partial charge in [-0.3, -0.25) is 4.79 Å². The van der Waals surface area contributed by atoms with E-state index in [1.807, 2.05) is 12.3 Å². The van der Waals surface area contributed by atoms with Crippen molar-refractivity contribution in [2.45, 2.75) is 26.3 Å². The van der Waals surface area contributed by atoms with Crippen molar-refractivity contribution in [1.82, 2.24) is 4.57 Å². The Kier molecular flexibility index (Phi) is 3.62. The van der Waals surface area contributed by atoms with Crippen LogP contribution in [0.1, 0.15) is 18.5 Å². The molecule has 0 atom stereocenters. The maximum absolute atomic E-state index is 11.2. The van der Waals surface area contributed by atoms with Crippen molar-refractivity contribution in [3.05, 3.63) is 20.7 Å². The van der Waals surface area contributed by atoms with Crippen LogP contribution < -0.4 is 10.6 Å². The molecule has 0 unspecified atom stereocenters. The van der Waals surface area contributed by atoms with Crippen LogP contribution in [0.25, 0.3) is 0 Å². The van der Waals surface area contributed by atoms with Crippen molar-refractivity contribution in [3.8, 4) is 0 Å². The van der Waals surface area contributed by atoms with Gasteiger partial charge in [-0.15, -0.1) is 0 Å². The summed E-state index contributed by atoms with van der Waals surface area (Å²) in [6, 6.07) is 0. The summed E-state index contributed by atoms with van der Waals surface area (Å²) in [5.41, 5.74) is 6.37. The molecular formula is C8H12N2OS2. The van der Waals surface area contributed by atoms with Gasteiger partial charge in [0.2, 0.25) is 0 Å². The molecular weight excluding hydrogens is 204 g/mol. The molecule has 0 bridgehead atoms. The summed E-state index contributed by atoms with van der Waals surface area (Å²) in [4.78, 5) is 11.8. The van der Waals surface area contributed by atoms with Crippen molar-refractivity contribution in [1.29, 1.82) is 0 Å². The molecule has 72 valence electrons. The summed E-state index contributed by atoms with van der Waals surface area (Å²) in [5.74, 6) is 0. The monoisotopic (exact) mass is 216 g/mol. The molecule has 13 heavy (non-hydrogen) atoms. The van der Waals surface area contributed by atoms with E-state index in [0.717, 1.165) is 12.1 Å². The lowest BCUT2D eigenvalue weighted by Crippen LogP contribution is -2.16. The Morgan fingerprint density at radius 1 is 1.77 bits per heavy atom. The number of thiazole rings is 1. The first-order valence-corrected chi connectivity index (χ1v) is 5.33. The lowest BCUT2D eigenvalue weighted by molar-refractivity contribution is 0.635. The number of nitrogens with two attached hydrogens (primary N) is 1. The Balaban J connectivity index is 2.54. The third kappa shape index (κ3) is 2.93. The summed E-state index contributed by atoms with van der Waals surface area (Å²) in [7, 11) is 0. The standard InChI is InChI=1S/C8H12N2OS2/c1-6-5-13-8(11)10(6)4-2-3-7(9)12/h5H,2-4H2,1H3,(H2,9,12). The van der Waals surface area contributed by atoms with Gasteiger partial charge in [-0.05, 0) is 19.8 Å². The molecule has 0 amide bonds. The van der Waals surface area contributed by atoms with Crippen molar-refractivity contribution >= 4 is 28.5 Å². The highest BCUT2D eigenvalue weighted by Crippen LogP contribution is 2.01. The lowest BCUT2D eigenvalue weighted by Gasteiger charge is -2.02. The molecule has 0 saturated carbocycles. The second kappa shape index (κ2) is 4.53. The van der Waals surface area contributed by atoms with Crippen LogP contribution in [0.15, 0.2) is 10.2 Å². The minimum Gasteiger partial charge on any atom is -0.393 e. The highest BCUT2D eigenvalue weighted by molar-refractivity contribution is 7.80. The first-order chi connectivity index (χ1) is 6.11. The van der Waals surface area contributed by atoms with Gasteiger partial charge in [0, 0.05) is 17.6 Å². The molecule has 2 N–H and O–H groups in total. The van der Waals surface area contributed by atoms with E-state index in [0.29, 0.717) is 18.0 Å². The molecule has 0 aliphatic heterocycles. The predicted molar refractivity (Wildman–Crippen MR) is 59.3 cm³/mol. The smallest absolute Gasteiger partial charge is 0.307 e. The normalized spacial score (nSPS) is 10.2. The van der Waals surface area contributed by atoms with Gasteiger partial charge >= 0.3 is 4.87 Å². The molecule has 3 nitrogen and oxygen atoms in total. The molecule has 1 aromatic heterocycles. The SMILES string of the molecule is Cc1csc(=O)n1CCCC(N)=S. The summed E-state index contributed by atoms with van der Waals surface area (Å²) in [5, 5.41) is 1.86. The number of thiocarbonyl (C=S) groups is 1. The molecule has 0 radical (unpaired) electrons. The van der Waals surface area contributed by atoms with Crippen LogP contribution >= 0.6 is 23.6 Å². The molecule has 0 saturated heterocycles. The zero-order chi connectivity index (χ0) is 9.84. The van der Waals surface area contributed by atoms with Crippen molar-refractivity contribution in [2.75, 3.05) is 0 Å². The minimum absolute atomic E-state index is 0.0976. The maximum Gasteiger partial charge on any atom is 0.307 e. The Labute approximate surface area is 86.2 Å². The molecule has 0 aliphatic rings. The fourth-order valence-corrected chi connectivity index (χ4v) is 1.99. The fourth-order valence-electron chi connectivity index (χ4n) is 1.09. The van der Waals surface area contributed by atoms with E-state index < -0.39 is 0 Å². The minimum atomic E-state index is 0.0976. The van der Waals surface area contributed by atoms with Crippen molar-refractivity contribution in [2.24, 2.45) is 5.73 Å². The molecule has 0 aliphatic carbocycles. The number of nitrogens with zero attached hydrogens (tertiary/aromatic N) is 1. The average Bonchev–Trinajstić information content (AvgIpc) is 2.34. The maximum atomic E-state index is 11.2. The Hall–Kier alpha value is -0.680. The van der Waals surface area contributed by atoms with Crippen LogP contribution in [0.2, 0.25) is 0 Å². The number of aryl methyl sites for hydroxylation is 1. The third-order valence-corrected chi connectivity index (χ3v) is 2.87. The third-order valence-electron chi connectivity index (χ3n) is 1.78. The number of hydrogen-bond acceptors (Lipinski definition) is 3. The van der Waals surface area contributed by atoms with Gasteiger partial charge < -0.3 is 10.3 Å². The molecule has 1 rings (SSSR count). The Morgan fingerprint density at radius 2 is 2.46 bits per heavy atom. The van der Waals surface area contributed by atoms with Crippen molar-refractivity contribution < 1.29 is 0 Å². The quantitative estimate of drug-likeness (QED) is 0.771. The Morgan fingerprint density at radius 3 is 2.92 bits per heavy atom. The van der Waals surface area contributed by atoms with Gasteiger partial charge in [-0.1, -0.05) is 23.6 Å². The number of rotatable bonds is 4. The number of aromatic nitrogens is 1. The molecule has 1 heterocycles. The highest BCUT2D eigenvalue weighted by Gasteiger charge is 2.01. The van der Waals surface area contributed by atoms with E-state index >= 15 is 0 Å². The van der Waals surface area contributed by atoms with Gasteiger partial charge in [0.25, 0.3) is 0 Å². The molecule has 0 fully saturated rings. The van der Waals surface area contributed by atoms with Crippen molar-refractivity contribution in [3.63, 3.8) is 0 Å².